The lowest BCUT2D eigenvalue weighted by atomic mass is 10.0. The maximum Gasteiger partial charge on any atom is 0.310 e. The lowest BCUT2D eigenvalue weighted by Crippen LogP contribution is -2.21. The van der Waals surface area contributed by atoms with Crippen molar-refractivity contribution in [1.82, 2.24) is 0 Å². The van der Waals surface area contributed by atoms with E-state index in [-0.39, 0.29) is 12.1 Å². The number of rotatable bonds is 6. The summed E-state index contributed by atoms with van der Waals surface area (Å²) in [6, 6.07) is 7.78. The molecule has 150 valence electrons. The van der Waals surface area contributed by atoms with Crippen molar-refractivity contribution in [2.24, 2.45) is 0 Å². The number of hydrogen-bond acceptors (Lipinski definition) is 6. The Bertz CT molecular complexity index is 1120. The fourth-order valence-corrected chi connectivity index (χ4v) is 3.25. The first-order chi connectivity index (χ1) is 13.8. The SMILES string of the molecule is Cc1ccc2c(CC(=O)OCC(=O)Nc3ccc([N+](=O)[O-])cc3Br)coc2c1C. The fraction of sp³-hybridized carbons (Fsp3) is 0.200. The molecule has 0 saturated carbocycles. The second-order valence-electron chi connectivity index (χ2n) is 6.45. The number of carbonyl (C=O) groups excluding carboxylic acids is 2. The number of amides is 1. The molecule has 1 heterocycles. The highest BCUT2D eigenvalue weighted by Crippen LogP contribution is 2.28. The second kappa shape index (κ2) is 8.44. The number of esters is 1. The van der Waals surface area contributed by atoms with Crippen molar-refractivity contribution in [3.63, 3.8) is 0 Å². The molecule has 9 heteroatoms. The molecule has 0 fully saturated rings. The van der Waals surface area contributed by atoms with Crippen LogP contribution in [0.3, 0.4) is 0 Å². The van der Waals surface area contributed by atoms with Crippen LogP contribution in [0.25, 0.3) is 11.0 Å². The number of nitrogens with zero attached hydrogens (tertiary/aromatic N) is 1. The number of fused-ring (bicyclic) bond motifs is 1. The molecule has 0 unspecified atom stereocenters. The molecular formula is C20H17BrN2O6. The van der Waals surface area contributed by atoms with Gasteiger partial charge in [-0.25, -0.2) is 0 Å². The van der Waals surface area contributed by atoms with Crippen LogP contribution < -0.4 is 5.32 Å². The smallest absolute Gasteiger partial charge is 0.310 e. The molecule has 0 radical (unpaired) electrons. The molecule has 8 nitrogen and oxygen atoms in total. The number of anilines is 1. The van der Waals surface area contributed by atoms with E-state index in [0.29, 0.717) is 15.7 Å². The van der Waals surface area contributed by atoms with Gasteiger partial charge >= 0.3 is 5.97 Å². The van der Waals surface area contributed by atoms with Crippen molar-refractivity contribution >= 4 is 50.2 Å². The predicted molar refractivity (Wildman–Crippen MR) is 110 cm³/mol. The highest BCUT2D eigenvalue weighted by Gasteiger charge is 2.16. The number of nitrogens with one attached hydrogen (secondary N) is 1. The van der Waals surface area contributed by atoms with Crippen molar-refractivity contribution in [3.05, 3.63) is 67.9 Å². The van der Waals surface area contributed by atoms with Gasteiger partial charge in [-0.05, 0) is 47.0 Å². The van der Waals surface area contributed by atoms with Crippen LogP contribution in [0.2, 0.25) is 0 Å². The Balaban J connectivity index is 1.58. The van der Waals surface area contributed by atoms with Crippen molar-refractivity contribution in [2.75, 3.05) is 11.9 Å². The largest absolute Gasteiger partial charge is 0.464 e. The van der Waals surface area contributed by atoms with Crippen LogP contribution in [0.1, 0.15) is 16.7 Å². The van der Waals surface area contributed by atoms with Crippen LogP contribution in [0.4, 0.5) is 11.4 Å². The Morgan fingerprint density at radius 2 is 2.00 bits per heavy atom. The van der Waals surface area contributed by atoms with Crippen molar-refractivity contribution in [1.29, 1.82) is 0 Å². The molecule has 2 aromatic carbocycles. The standard InChI is InChI=1S/C20H17BrN2O6/c1-11-3-5-15-13(9-29-20(15)12(11)2)7-19(25)28-10-18(24)22-17-6-4-14(23(26)27)8-16(17)21/h3-6,8-9H,7,10H2,1-2H3,(H,22,24). The van der Waals surface area contributed by atoms with Crippen LogP contribution in [0.5, 0.6) is 0 Å². The minimum Gasteiger partial charge on any atom is -0.464 e. The normalized spacial score (nSPS) is 10.7. The van der Waals surface area contributed by atoms with Gasteiger partial charge < -0.3 is 14.5 Å². The molecule has 1 amide bonds. The molecule has 3 rings (SSSR count). The summed E-state index contributed by atoms with van der Waals surface area (Å²) in [7, 11) is 0. The Kier molecular flexibility index (Phi) is 5.97. The van der Waals surface area contributed by atoms with E-state index in [9.17, 15) is 19.7 Å². The van der Waals surface area contributed by atoms with E-state index < -0.39 is 23.4 Å². The van der Waals surface area contributed by atoms with E-state index >= 15 is 0 Å². The number of benzene rings is 2. The summed E-state index contributed by atoms with van der Waals surface area (Å²) in [5.74, 6) is -1.12. The van der Waals surface area contributed by atoms with Crippen LogP contribution in [-0.4, -0.2) is 23.4 Å². The maximum atomic E-state index is 12.1. The molecular weight excluding hydrogens is 444 g/mol. The molecule has 1 N–H and O–H groups in total. The molecule has 0 aliphatic carbocycles. The van der Waals surface area contributed by atoms with E-state index in [1.807, 2.05) is 26.0 Å². The van der Waals surface area contributed by atoms with Crippen molar-refractivity contribution in [3.8, 4) is 0 Å². The number of ether oxygens (including phenoxy) is 1. The predicted octanol–water partition coefficient (Wildman–Crippen LogP) is 4.44. The van der Waals surface area contributed by atoms with Crippen LogP contribution in [-0.2, 0) is 20.7 Å². The van der Waals surface area contributed by atoms with Gasteiger partial charge in [-0.1, -0.05) is 12.1 Å². The number of aryl methyl sites for hydroxylation is 2. The molecule has 3 aromatic rings. The average molecular weight is 461 g/mol. The van der Waals surface area contributed by atoms with E-state index in [1.165, 1.54) is 24.5 Å². The first kappa shape index (κ1) is 20.5. The summed E-state index contributed by atoms with van der Waals surface area (Å²) in [5, 5.41) is 14.1. The molecule has 0 bridgehead atoms. The molecule has 29 heavy (non-hydrogen) atoms. The minimum atomic E-state index is -0.566. The van der Waals surface area contributed by atoms with E-state index in [2.05, 4.69) is 21.2 Å². The third-order valence-electron chi connectivity index (χ3n) is 4.48. The van der Waals surface area contributed by atoms with Gasteiger partial charge in [0.2, 0.25) is 0 Å². The zero-order chi connectivity index (χ0) is 21.1. The Morgan fingerprint density at radius 1 is 1.24 bits per heavy atom. The molecule has 0 atom stereocenters. The molecule has 0 spiro atoms. The monoisotopic (exact) mass is 460 g/mol. The average Bonchev–Trinajstić information content (AvgIpc) is 3.08. The molecule has 0 aliphatic heterocycles. The molecule has 0 aliphatic rings. The highest BCUT2D eigenvalue weighted by atomic mass is 79.9. The summed E-state index contributed by atoms with van der Waals surface area (Å²) < 4.78 is 11.0. The second-order valence-corrected chi connectivity index (χ2v) is 7.31. The van der Waals surface area contributed by atoms with Gasteiger partial charge in [0, 0.05) is 27.6 Å². The van der Waals surface area contributed by atoms with Gasteiger partial charge in [-0.15, -0.1) is 0 Å². The third kappa shape index (κ3) is 4.62. The summed E-state index contributed by atoms with van der Waals surface area (Å²) in [6.45, 7) is 3.45. The van der Waals surface area contributed by atoms with Crippen LogP contribution >= 0.6 is 15.9 Å². The lowest BCUT2D eigenvalue weighted by Gasteiger charge is -2.08. The zero-order valence-electron chi connectivity index (χ0n) is 15.7. The summed E-state index contributed by atoms with van der Waals surface area (Å²) in [5.41, 5.74) is 3.74. The van der Waals surface area contributed by atoms with E-state index in [4.69, 9.17) is 9.15 Å². The maximum absolute atomic E-state index is 12.1. The zero-order valence-corrected chi connectivity index (χ0v) is 17.2. The van der Waals surface area contributed by atoms with Gasteiger partial charge in [0.15, 0.2) is 6.61 Å². The number of nitro benzene ring substituents is 1. The summed E-state index contributed by atoms with van der Waals surface area (Å²) >= 11 is 3.16. The fourth-order valence-electron chi connectivity index (χ4n) is 2.78. The van der Waals surface area contributed by atoms with Gasteiger partial charge in [0.25, 0.3) is 11.6 Å². The number of carbonyl (C=O) groups is 2. The van der Waals surface area contributed by atoms with E-state index in [0.717, 1.165) is 22.1 Å². The number of nitro groups is 1. The first-order valence-electron chi connectivity index (χ1n) is 8.62. The minimum absolute atomic E-state index is 0.0238. The van der Waals surface area contributed by atoms with Crippen molar-refractivity contribution in [2.45, 2.75) is 20.3 Å². The van der Waals surface area contributed by atoms with Crippen LogP contribution in [0.15, 0.2) is 45.5 Å². The van der Waals surface area contributed by atoms with Gasteiger partial charge in [-0.3, -0.25) is 19.7 Å². The van der Waals surface area contributed by atoms with E-state index in [1.54, 1.807) is 0 Å². The Labute approximate surface area is 174 Å². The van der Waals surface area contributed by atoms with Gasteiger partial charge in [0.05, 0.1) is 23.3 Å². The molecule has 0 saturated heterocycles. The number of hydrogen-bond donors (Lipinski definition) is 1. The van der Waals surface area contributed by atoms with Gasteiger partial charge in [0.1, 0.15) is 5.58 Å². The first-order valence-corrected chi connectivity index (χ1v) is 9.41. The topological polar surface area (TPSA) is 112 Å². The summed E-state index contributed by atoms with van der Waals surface area (Å²) in [6.07, 6.45) is 1.50. The number of halogens is 1. The number of non-ortho nitro benzene ring substituents is 1. The quantitative estimate of drug-likeness (QED) is 0.330. The lowest BCUT2D eigenvalue weighted by molar-refractivity contribution is -0.384. The summed E-state index contributed by atoms with van der Waals surface area (Å²) in [4.78, 5) is 34.3. The van der Waals surface area contributed by atoms with Gasteiger partial charge in [-0.2, -0.15) is 0 Å². The number of furan rings is 1. The van der Waals surface area contributed by atoms with Crippen LogP contribution in [0, 0.1) is 24.0 Å². The Hall–Kier alpha value is -3.20. The molecule has 1 aromatic heterocycles. The highest BCUT2D eigenvalue weighted by molar-refractivity contribution is 9.10. The van der Waals surface area contributed by atoms with Crippen molar-refractivity contribution < 1.29 is 23.7 Å². The third-order valence-corrected chi connectivity index (χ3v) is 5.13. The Morgan fingerprint density at radius 3 is 2.69 bits per heavy atom.